The average molecular weight is 221 g/mol. The molecule has 0 amide bonds. The molecule has 16 heavy (non-hydrogen) atoms. The molecule has 1 aliphatic rings. The largest absolute Gasteiger partial charge is 0.490 e. The van der Waals surface area contributed by atoms with E-state index in [0.717, 1.165) is 19.4 Å². The van der Waals surface area contributed by atoms with Gasteiger partial charge in [0.1, 0.15) is 24.0 Å². The van der Waals surface area contributed by atoms with Crippen LogP contribution in [0, 0.1) is 17.3 Å². The van der Waals surface area contributed by atoms with Crippen LogP contribution in [0.4, 0.5) is 4.39 Å². The van der Waals surface area contributed by atoms with Crippen LogP contribution in [0.5, 0.6) is 5.75 Å². The maximum atomic E-state index is 12.9. The Kier molecular flexibility index (Phi) is 3.32. The lowest BCUT2D eigenvalue weighted by atomic mass is 10.2. The van der Waals surface area contributed by atoms with E-state index in [1.54, 1.807) is 6.07 Å². The van der Waals surface area contributed by atoms with E-state index in [2.05, 4.69) is 10.3 Å². The van der Waals surface area contributed by atoms with Gasteiger partial charge in [-0.05, 0) is 19.4 Å². The number of nitrogens with zero attached hydrogens (tertiary/aromatic N) is 2. The number of hydrogen-bond acceptors (Lipinski definition) is 4. The van der Waals surface area contributed by atoms with Crippen molar-refractivity contribution in [2.45, 2.75) is 18.9 Å². The molecule has 0 aliphatic carbocycles. The van der Waals surface area contributed by atoms with Crippen LogP contribution in [0.25, 0.3) is 0 Å². The van der Waals surface area contributed by atoms with Gasteiger partial charge in [0, 0.05) is 12.1 Å². The second-order valence-electron chi connectivity index (χ2n) is 3.73. The van der Waals surface area contributed by atoms with Crippen molar-refractivity contribution < 1.29 is 9.13 Å². The van der Waals surface area contributed by atoms with Gasteiger partial charge in [0.2, 0.25) is 5.95 Å². The molecule has 0 radical (unpaired) electrons. The van der Waals surface area contributed by atoms with Gasteiger partial charge in [0.25, 0.3) is 0 Å². The summed E-state index contributed by atoms with van der Waals surface area (Å²) in [4.78, 5) is 3.46. The van der Waals surface area contributed by atoms with Crippen LogP contribution in [0.3, 0.4) is 0 Å². The van der Waals surface area contributed by atoms with E-state index >= 15 is 0 Å². The fraction of sp³-hybridized carbons (Fsp3) is 0.455. The van der Waals surface area contributed by atoms with E-state index in [9.17, 15) is 4.39 Å². The molecule has 0 bridgehead atoms. The molecule has 1 N–H and O–H groups in total. The quantitative estimate of drug-likeness (QED) is 0.780. The summed E-state index contributed by atoms with van der Waals surface area (Å²) in [5, 5.41) is 11.9. The summed E-state index contributed by atoms with van der Waals surface area (Å²) in [5.41, 5.74) is -0.0862. The zero-order chi connectivity index (χ0) is 11.4. The number of rotatable bonds is 3. The van der Waals surface area contributed by atoms with Gasteiger partial charge in [-0.15, -0.1) is 0 Å². The predicted molar refractivity (Wildman–Crippen MR) is 55.4 cm³/mol. The van der Waals surface area contributed by atoms with Crippen LogP contribution < -0.4 is 10.1 Å². The van der Waals surface area contributed by atoms with Crippen molar-refractivity contribution in [3.63, 3.8) is 0 Å². The van der Waals surface area contributed by atoms with Gasteiger partial charge < -0.3 is 10.1 Å². The van der Waals surface area contributed by atoms with Crippen molar-refractivity contribution in [3.8, 4) is 11.8 Å². The van der Waals surface area contributed by atoms with Crippen molar-refractivity contribution in [2.75, 3.05) is 13.2 Å². The highest BCUT2D eigenvalue weighted by molar-refractivity contribution is 5.33. The Morgan fingerprint density at radius 1 is 1.69 bits per heavy atom. The minimum absolute atomic E-state index is 0.0862. The van der Waals surface area contributed by atoms with E-state index in [1.807, 2.05) is 0 Å². The molecule has 4 nitrogen and oxygen atoms in total. The summed E-state index contributed by atoms with van der Waals surface area (Å²) in [6.45, 7) is 1.54. The molecule has 1 atom stereocenters. The predicted octanol–water partition coefficient (Wildman–Crippen LogP) is 1.22. The molecule has 2 heterocycles. The van der Waals surface area contributed by atoms with Crippen molar-refractivity contribution in [2.24, 2.45) is 0 Å². The molecule has 0 spiro atoms. The van der Waals surface area contributed by atoms with E-state index in [-0.39, 0.29) is 5.56 Å². The van der Waals surface area contributed by atoms with Gasteiger partial charge in [-0.2, -0.15) is 9.65 Å². The second-order valence-corrected chi connectivity index (χ2v) is 3.73. The van der Waals surface area contributed by atoms with Crippen LogP contribution in [0.1, 0.15) is 18.4 Å². The minimum atomic E-state index is -0.756. The number of aromatic nitrogens is 1. The highest BCUT2D eigenvalue weighted by Crippen LogP contribution is 2.15. The molecule has 84 valence electrons. The van der Waals surface area contributed by atoms with E-state index in [4.69, 9.17) is 10.00 Å². The first-order valence-electron chi connectivity index (χ1n) is 5.21. The van der Waals surface area contributed by atoms with Crippen molar-refractivity contribution in [1.82, 2.24) is 10.3 Å². The molecular formula is C11H12FN3O. The standard InChI is InChI=1S/C11H12FN3O/c12-11-8(5-13)4-10(6-15-11)16-7-9-2-1-3-14-9/h4,6,9,14H,1-3,7H2. The van der Waals surface area contributed by atoms with Crippen molar-refractivity contribution >= 4 is 0 Å². The Labute approximate surface area is 93.1 Å². The number of nitrogens with one attached hydrogen (secondary N) is 1. The number of pyridine rings is 1. The normalized spacial score (nSPS) is 19.4. The second kappa shape index (κ2) is 4.90. The van der Waals surface area contributed by atoms with E-state index < -0.39 is 5.95 Å². The van der Waals surface area contributed by atoms with Crippen molar-refractivity contribution in [3.05, 3.63) is 23.8 Å². The summed E-state index contributed by atoms with van der Waals surface area (Å²) in [6, 6.07) is 3.45. The van der Waals surface area contributed by atoms with Crippen LogP contribution in [0.15, 0.2) is 12.3 Å². The fourth-order valence-corrected chi connectivity index (χ4v) is 1.68. The summed E-state index contributed by atoms with van der Waals surface area (Å²) < 4.78 is 18.4. The van der Waals surface area contributed by atoms with Crippen LogP contribution >= 0.6 is 0 Å². The number of halogens is 1. The maximum Gasteiger partial charge on any atom is 0.231 e. The number of nitriles is 1. The first-order valence-corrected chi connectivity index (χ1v) is 5.21. The zero-order valence-electron chi connectivity index (χ0n) is 8.74. The molecule has 1 aromatic heterocycles. The summed E-state index contributed by atoms with van der Waals surface area (Å²) in [5.74, 6) is -0.319. The van der Waals surface area contributed by atoms with Gasteiger partial charge in [-0.1, -0.05) is 0 Å². The highest BCUT2D eigenvalue weighted by Gasteiger charge is 2.14. The lowest BCUT2D eigenvalue weighted by Gasteiger charge is -2.11. The van der Waals surface area contributed by atoms with Gasteiger partial charge in [0.05, 0.1) is 6.20 Å². The molecule has 2 rings (SSSR count). The molecule has 5 heteroatoms. The van der Waals surface area contributed by atoms with Crippen molar-refractivity contribution in [1.29, 1.82) is 5.26 Å². The molecule has 1 aromatic rings. The Bertz CT molecular complexity index is 410. The molecule has 0 aromatic carbocycles. The SMILES string of the molecule is N#Cc1cc(OCC2CCCN2)cnc1F. The lowest BCUT2D eigenvalue weighted by Crippen LogP contribution is -2.28. The third-order valence-corrected chi connectivity index (χ3v) is 2.55. The lowest BCUT2D eigenvalue weighted by molar-refractivity contribution is 0.275. The Morgan fingerprint density at radius 2 is 2.56 bits per heavy atom. The first-order chi connectivity index (χ1) is 7.79. The van der Waals surface area contributed by atoms with Crippen LogP contribution in [0.2, 0.25) is 0 Å². The Balaban J connectivity index is 1.96. The van der Waals surface area contributed by atoms with E-state index in [1.165, 1.54) is 12.3 Å². The van der Waals surface area contributed by atoms with Crippen LogP contribution in [-0.2, 0) is 0 Å². The molecule has 0 saturated carbocycles. The molecule has 1 fully saturated rings. The summed E-state index contributed by atoms with van der Waals surface area (Å²) in [6.07, 6.45) is 3.53. The third-order valence-electron chi connectivity index (χ3n) is 2.55. The van der Waals surface area contributed by atoms with Gasteiger partial charge in [-0.3, -0.25) is 0 Å². The summed E-state index contributed by atoms with van der Waals surface area (Å²) in [7, 11) is 0. The average Bonchev–Trinajstić information content (AvgIpc) is 2.81. The van der Waals surface area contributed by atoms with Crippen LogP contribution in [-0.4, -0.2) is 24.2 Å². The Morgan fingerprint density at radius 3 is 3.25 bits per heavy atom. The number of hydrogen-bond donors (Lipinski definition) is 1. The maximum absolute atomic E-state index is 12.9. The Hall–Kier alpha value is -1.67. The molecule has 1 saturated heterocycles. The molecular weight excluding hydrogens is 209 g/mol. The fourth-order valence-electron chi connectivity index (χ4n) is 1.68. The van der Waals surface area contributed by atoms with Gasteiger partial charge in [0.15, 0.2) is 0 Å². The van der Waals surface area contributed by atoms with Gasteiger partial charge in [-0.25, -0.2) is 4.98 Å². The third kappa shape index (κ3) is 2.47. The smallest absolute Gasteiger partial charge is 0.231 e. The topological polar surface area (TPSA) is 57.9 Å². The summed E-state index contributed by atoms with van der Waals surface area (Å²) >= 11 is 0. The van der Waals surface area contributed by atoms with Gasteiger partial charge >= 0.3 is 0 Å². The highest BCUT2D eigenvalue weighted by atomic mass is 19.1. The molecule has 1 aliphatic heterocycles. The monoisotopic (exact) mass is 221 g/mol. The zero-order valence-corrected chi connectivity index (χ0v) is 8.74. The molecule has 1 unspecified atom stereocenters. The number of ether oxygens (including phenoxy) is 1. The van der Waals surface area contributed by atoms with E-state index in [0.29, 0.717) is 18.4 Å². The minimum Gasteiger partial charge on any atom is -0.490 e. The first kappa shape index (κ1) is 10.8.